The minimum Gasteiger partial charge on any atom is -0.506 e. The van der Waals surface area contributed by atoms with Gasteiger partial charge in [-0.2, -0.15) is 0 Å². The van der Waals surface area contributed by atoms with Crippen molar-refractivity contribution in [2.75, 3.05) is 12.4 Å². The fourth-order valence-electron chi connectivity index (χ4n) is 2.10. The molecule has 2 aromatic carbocycles. The zero-order valence-corrected chi connectivity index (χ0v) is 16.0. The topological polar surface area (TPSA) is 70.6 Å². The monoisotopic (exact) mass is 428 g/mol. The van der Waals surface area contributed by atoms with Gasteiger partial charge in [0.15, 0.2) is 5.11 Å². The fourth-order valence-corrected chi connectivity index (χ4v) is 3.05. The third kappa shape index (κ3) is 4.37. The van der Waals surface area contributed by atoms with Gasteiger partial charge in [0, 0.05) is 9.50 Å². The summed E-state index contributed by atoms with van der Waals surface area (Å²) in [6, 6.07) is 7.95. The highest BCUT2D eigenvalue weighted by Crippen LogP contribution is 2.28. The molecular formula is C16H14BrClN2O3S. The Morgan fingerprint density at radius 1 is 1.33 bits per heavy atom. The maximum Gasteiger partial charge on any atom is 0.261 e. The van der Waals surface area contributed by atoms with E-state index in [4.69, 9.17) is 28.6 Å². The molecule has 5 nitrogen and oxygen atoms in total. The summed E-state index contributed by atoms with van der Waals surface area (Å²) in [5.74, 6) is -0.00810. The number of phenols is 1. The number of carbonyl (C=O) groups is 1. The number of aromatic hydroxyl groups is 1. The zero-order chi connectivity index (χ0) is 17.9. The van der Waals surface area contributed by atoms with Gasteiger partial charge in [-0.05, 0) is 55.0 Å². The molecule has 126 valence electrons. The Morgan fingerprint density at radius 3 is 2.71 bits per heavy atom. The van der Waals surface area contributed by atoms with E-state index >= 15 is 0 Å². The maximum atomic E-state index is 12.5. The largest absolute Gasteiger partial charge is 0.506 e. The fraction of sp³-hybridized carbons (Fsp3) is 0.125. The van der Waals surface area contributed by atoms with Crippen LogP contribution in [0.1, 0.15) is 15.9 Å². The summed E-state index contributed by atoms with van der Waals surface area (Å²) in [7, 11) is 1.49. The molecule has 8 heteroatoms. The van der Waals surface area contributed by atoms with E-state index < -0.39 is 5.91 Å². The van der Waals surface area contributed by atoms with Crippen LogP contribution in [0.5, 0.6) is 11.5 Å². The van der Waals surface area contributed by atoms with Crippen molar-refractivity contribution in [2.24, 2.45) is 0 Å². The summed E-state index contributed by atoms with van der Waals surface area (Å²) in [5, 5.41) is 15.5. The Balaban J connectivity index is 2.18. The number of halogens is 2. The molecule has 0 unspecified atom stereocenters. The lowest BCUT2D eigenvalue weighted by atomic mass is 10.1. The lowest BCUT2D eigenvalue weighted by Gasteiger charge is -2.14. The third-order valence-corrected chi connectivity index (χ3v) is 4.02. The van der Waals surface area contributed by atoms with Crippen molar-refractivity contribution in [1.29, 1.82) is 0 Å². The van der Waals surface area contributed by atoms with E-state index in [1.54, 1.807) is 12.1 Å². The molecule has 0 spiro atoms. The van der Waals surface area contributed by atoms with Crippen molar-refractivity contribution < 1.29 is 14.6 Å². The van der Waals surface area contributed by atoms with Crippen LogP contribution in [0.4, 0.5) is 5.69 Å². The van der Waals surface area contributed by atoms with Crippen molar-refractivity contribution in [2.45, 2.75) is 6.92 Å². The second kappa shape index (κ2) is 7.83. The molecule has 0 radical (unpaired) electrons. The quantitative estimate of drug-likeness (QED) is 0.502. The van der Waals surface area contributed by atoms with Gasteiger partial charge in [0.2, 0.25) is 0 Å². The number of thiocarbonyl (C=S) groups is 1. The predicted molar refractivity (Wildman–Crippen MR) is 102 cm³/mol. The van der Waals surface area contributed by atoms with Crippen LogP contribution >= 0.6 is 39.7 Å². The lowest BCUT2D eigenvalue weighted by molar-refractivity contribution is 0.0974. The van der Waals surface area contributed by atoms with Gasteiger partial charge >= 0.3 is 0 Å². The average Bonchev–Trinajstić information content (AvgIpc) is 2.50. The van der Waals surface area contributed by atoms with E-state index in [1.165, 1.54) is 19.2 Å². The summed E-state index contributed by atoms with van der Waals surface area (Å²) >= 11 is 14.3. The van der Waals surface area contributed by atoms with E-state index in [0.717, 1.165) is 10.0 Å². The number of anilines is 1. The molecule has 3 N–H and O–H groups in total. The molecule has 0 fully saturated rings. The molecular weight excluding hydrogens is 416 g/mol. The van der Waals surface area contributed by atoms with Crippen LogP contribution in [0.15, 0.2) is 34.8 Å². The van der Waals surface area contributed by atoms with E-state index in [2.05, 4.69) is 26.6 Å². The van der Waals surface area contributed by atoms with Gasteiger partial charge in [-0.15, -0.1) is 0 Å². The number of hydrogen-bond donors (Lipinski definition) is 3. The predicted octanol–water partition coefficient (Wildman–Crippen LogP) is 4.25. The van der Waals surface area contributed by atoms with E-state index in [0.29, 0.717) is 22.0 Å². The Labute approximate surface area is 158 Å². The van der Waals surface area contributed by atoms with Crippen molar-refractivity contribution in [1.82, 2.24) is 5.32 Å². The van der Waals surface area contributed by atoms with Crippen molar-refractivity contribution >= 4 is 56.5 Å². The Morgan fingerprint density at radius 2 is 2.04 bits per heavy atom. The van der Waals surface area contributed by atoms with Crippen LogP contribution in [0, 0.1) is 6.92 Å². The number of ether oxygens (including phenoxy) is 1. The standard InChI is InChI=1S/C16H14BrClN2O3S/c1-8-5-9(17)6-11(14(8)23-2)15(22)20-16(24)19-12-7-10(18)3-4-13(12)21/h3-7,21H,1-2H3,(H2,19,20,22,24). The van der Waals surface area contributed by atoms with E-state index in [-0.39, 0.29) is 10.9 Å². The third-order valence-electron chi connectivity index (χ3n) is 3.12. The first-order valence-electron chi connectivity index (χ1n) is 6.76. The van der Waals surface area contributed by atoms with Gasteiger partial charge in [-0.3, -0.25) is 10.1 Å². The van der Waals surface area contributed by atoms with Crippen LogP contribution in [0.25, 0.3) is 0 Å². The number of amides is 1. The molecule has 0 saturated heterocycles. The first-order chi connectivity index (χ1) is 11.3. The molecule has 0 bridgehead atoms. The highest BCUT2D eigenvalue weighted by molar-refractivity contribution is 9.10. The second-order valence-electron chi connectivity index (χ2n) is 4.87. The van der Waals surface area contributed by atoms with Crippen molar-refractivity contribution in [3.8, 4) is 11.5 Å². The number of rotatable bonds is 3. The van der Waals surface area contributed by atoms with Gasteiger partial charge in [0.05, 0.1) is 18.4 Å². The number of methoxy groups -OCH3 is 1. The first-order valence-corrected chi connectivity index (χ1v) is 8.34. The van der Waals surface area contributed by atoms with E-state index in [9.17, 15) is 9.90 Å². The molecule has 0 aromatic heterocycles. The van der Waals surface area contributed by atoms with Gasteiger partial charge in [-0.25, -0.2) is 0 Å². The zero-order valence-electron chi connectivity index (χ0n) is 12.8. The summed E-state index contributed by atoms with van der Waals surface area (Å²) in [6.45, 7) is 1.83. The summed E-state index contributed by atoms with van der Waals surface area (Å²) < 4.78 is 6.03. The van der Waals surface area contributed by atoms with Gasteiger partial charge in [0.25, 0.3) is 5.91 Å². The number of phenolic OH excluding ortho intramolecular Hbond substituents is 1. The number of hydrogen-bond acceptors (Lipinski definition) is 4. The molecule has 1 amide bonds. The Bertz CT molecular complexity index is 814. The van der Waals surface area contributed by atoms with Crippen LogP contribution in [0.3, 0.4) is 0 Å². The second-order valence-corrected chi connectivity index (χ2v) is 6.63. The highest BCUT2D eigenvalue weighted by atomic mass is 79.9. The number of nitrogens with one attached hydrogen (secondary N) is 2. The average molecular weight is 430 g/mol. The smallest absolute Gasteiger partial charge is 0.261 e. The molecule has 0 atom stereocenters. The van der Waals surface area contributed by atoms with Gasteiger partial charge in [0.1, 0.15) is 11.5 Å². The summed E-state index contributed by atoms with van der Waals surface area (Å²) in [4.78, 5) is 12.5. The van der Waals surface area contributed by atoms with Crippen molar-refractivity contribution in [3.05, 3.63) is 51.0 Å². The SMILES string of the molecule is COc1c(C)cc(Br)cc1C(=O)NC(=S)Nc1cc(Cl)ccc1O. The lowest BCUT2D eigenvalue weighted by Crippen LogP contribution is -2.34. The summed E-state index contributed by atoms with van der Waals surface area (Å²) in [5.41, 5.74) is 1.44. The van der Waals surface area contributed by atoms with Gasteiger partial charge < -0.3 is 15.2 Å². The Kier molecular flexibility index (Phi) is 6.04. The van der Waals surface area contributed by atoms with Crippen LogP contribution in [-0.2, 0) is 0 Å². The molecule has 24 heavy (non-hydrogen) atoms. The molecule has 0 aliphatic rings. The molecule has 2 rings (SSSR count). The van der Waals surface area contributed by atoms with Crippen LogP contribution in [0.2, 0.25) is 5.02 Å². The summed E-state index contributed by atoms with van der Waals surface area (Å²) in [6.07, 6.45) is 0. The molecule has 2 aromatic rings. The normalized spacial score (nSPS) is 10.2. The van der Waals surface area contributed by atoms with Gasteiger partial charge in [-0.1, -0.05) is 27.5 Å². The molecule has 0 aliphatic carbocycles. The molecule has 0 saturated carbocycles. The number of carbonyl (C=O) groups excluding carboxylic acids is 1. The minimum atomic E-state index is -0.435. The van der Waals surface area contributed by atoms with Crippen molar-refractivity contribution in [3.63, 3.8) is 0 Å². The first kappa shape index (κ1) is 18.5. The highest BCUT2D eigenvalue weighted by Gasteiger charge is 2.17. The molecule has 0 aliphatic heterocycles. The van der Waals surface area contributed by atoms with E-state index in [1.807, 2.05) is 13.0 Å². The maximum absolute atomic E-state index is 12.5. The van der Waals surface area contributed by atoms with Crippen LogP contribution < -0.4 is 15.4 Å². The number of aryl methyl sites for hydroxylation is 1. The minimum absolute atomic E-state index is 0.0252. The molecule has 0 heterocycles. The Hall–Kier alpha value is -1.83. The van der Waals surface area contributed by atoms with Crippen LogP contribution in [-0.4, -0.2) is 23.2 Å². The number of benzene rings is 2.